The van der Waals surface area contributed by atoms with Crippen molar-refractivity contribution in [1.82, 2.24) is 4.98 Å². The van der Waals surface area contributed by atoms with Crippen LogP contribution in [-0.4, -0.2) is 4.98 Å². The number of aryl methyl sites for hydroxylation is 1. The molecule has 0 fully saturated rings. The van der Waals surface area contributed by atoms with E-state index < -0.39 is 0 Å². The van der Waals surface area contributed by atoms with E-state index in [0.29, 0.717) is 11.7 Å². The van der Waals surface area contributed by atoms with E-state index in [-0.39, 0.29) is 0 Å². The van der Waals surface area contributed by atoms with Crippen LogP contribution in [0.4, 0.5) is 5.13 Å². The standard InChI is InChI=1S/C17H16N2OS/c1-12-5-7-13(8-6-12)10-20-15-4-2-3-14(9-15)16-11-21-17(18)19-16/h2-9,11H,10H2,1H3,(H2,18,19). The van der Waals surface area contributed by atoms with Gasteiger partial charge in [0.1, 0.15) is 12.4 Å². The Labute approximate surface area is 128 Å². The smallest absolute Gasteiger partial charge is 0.180 e. The third kappa shape index (κ3) is 3.41. The van der Waals surface area contributed by atoms with Crippen molar-refractivity contribution in [2.45, 2.75) is 13.5 Å². The van der Waals surface area contributed by atoms with Gasteiger partial charge in [-0.05, 0) is 24.6 Å². The number of benzene rings is 2. The molecule has 0 atom stereocenters. The van der Waals surface area contributed by atoms with E-state index in [0.717, 1.165) is 22.6 Å². The molecule has 2 aromatic carbocycles. The second-order valence-corrected chi connectivity index (χ2v) is 5.76. The summed E-state index contributed by atoms with van der Waals surface area (Å²) in [6.45, 7) is 2.64. The van der Waals surface area contributed by atoms with Crippen LogP contribution in [-0.2, 0) is 6.61 Å². The Kier molecular flexibility index (Phi) is 3.88. The quantitative estimate of drug-likeness (QED) is 0.781. The monoisotopic (exact) mass is 296 g/mol. The van der Waals surface area contributed by atoms with Gasteiger partial charge in [-0.3, -0.25) is 0 Å². The summed E-state index contributed by atoms with van der Waals surface area (Å²) >= 11 is 1.44. The molecule has 21 heavy (non-hydrogen) atoms. The van der Waals surface area contributed by atoms with Gasteiger partial charge >= 0.3 is 0 Å². The number of nitrogens with two attached hydrogens (primary N) is 1. The molecule has 1 aromatic heterocycles. The summed E-state index contributed by atoms with van der Waals surface area (Å²) in [6, 6.07) is 16.3. The molecule has 3 nitrogen and oxygen atoms in total. The Morgan fingerprint density at radius 2 is 1.95 bits per heavy atom. The van der Waals surface area contributed by atoms with Gasteiger partial charge in [0, 0.05) is 10.9 Å². The molecule has 0 bridgehead atoms. The van der Waals surface area contributed by atoms with Crippen LogP contribution in [0.3, 0.4) is 0 Å². The van der Waals surface area contributed by atoms with Gasteiger partial charge in [0.15, 0.2) is 5.13 Å². The fraction of sp³-hybridized carbons (Fsp3) is 0.118. The van der Waals surface area contributed by atoms with Gasteiger partial charge < -0.3 is 10.5 Å². The number of aromatic nitrogens is 1. The van der Waals surface area contributed by atoms with E-state index in [4.69, 9.17) is 10.5 Å². The summed E-state index contributed by atoms with van der Waals surface area (Å²) in [7, 11) is 0. The van der Waals surface area contributed by atoms with Crippen molar-refractivity contribution >= 4 is 16.5 Å². The zero-order chi connectivity index (χ0) is 14.7. The van der Waals surface area contributed by atoms with Gasteiger partial charge in [0.05, 0.1) is 5.69 Å². The maximum atomic E-state index is 5.85. The third-order valence-electron chi connectivity index (χ3n) is 3.18. The number of hydrogen-bond donors (Lipinski definition) is 1. The molecule has 0 spiro atoms. The van der Waals surface area contributed by atoms with Crippen molar-refractivity contribution in [1.29, 1.82) is 0 Å². The van der Waals surface area contributed by atoms with Crippen molar-refractivity contribution in [3.8, 4) is 17.0 Å². The van der Waals surface area contributed by atoms with Crippen LogP contribution < -0.4 is 10.5 Å². The third-order valence-corrected chi connectivity index (χ3v) is 3.85. The van der Waals surface area contributed by atoms with Crippen LogP contribution in [0.2, 0.25) is 0 Å². The van der Waals surface area contributed by atoms with Crippen LogP contribution in [0.1, 0.15) is 11.1 Å². The van der Waals surface area contributed by atoms with Crippen LogP contribution in [0.15, 0.2) is 53.9 Å². The number of ether oxygens (including phenoxy) is 1. The average Bonchev–Trinajstić information content (AvgIpc) is 2.94. The normalized spacial score (nSPS) is 10.5. The van der Waals surface area contributed by atoms with Gasteiger partial charge in [-0.25, -0.2) is 4.98 Å². The lowest BCUT2D eigenvalue weighted by molar-refractivity contribution is 0.306. The predicted molar refractivity (Wildman–Crippen MR) is 87.5 cm³/mol. The number of anilines is 1. The van der Waals surface area contributed by atoms with Gasteiger partial charge in [0.25, 0.3) is 0 Å². The highest BCUT2D eigenvalue weighted by Crippen LogP contribution is 2.26. The first-order valence-corrected chi connectivity index (χ1v) is 7.58. The minimum absolute atomic E-state index is 0.558. The summed E-state index contributed by atoms with van der Waals surface area (Å²) in [5.74, 6) is 0.833. The zero-order valence-electron chi connectivity index (χ0n) is 11.7. The topological polar surface area (TPSA) is 48.1 Å². The highest BCUT2D eigenvalue weighted by Gasteiger charge is 2.04. The fourth-order valence-corrected chi connectivity index (χ4v) is 2.59. The van der Waals surface area contributed by atoms with Crippen LogP contribution in [0.5, 0.6) is 5.75 Å². The number of nitrogen functional groups attached to an aromatic ring is 1. The molecule has 4 heteroatoms. The largest absolute Gasteiger partial charge is 0.489 e. The maximum absolute atomic E-state index is 5.85. The summed E-state index contributed by atoms with van der Waals surface area (Å²) in [6.07, 6.45) is 0. The van der Waals surface area contributed by atoms with E-state index in [9.17, 15) is 0 Å². The second kappa shape index (κ2) is 5.97. The Morgan fingerprint density at radius 3 is 2.67 bits per heavy atom. The minimum atomic E-state index is 0.558. The number of rotatable bonds is 4. The van der Waals surface area contributed by atoms with E-state index >= 15 is 0 Å². The number of thiazole rings is 1. The fourth-order valence-electron chi connectivity index (χ4n) is 2.02. The summed E-state index contributed by atoms with van der Waals surface area (Å²) in [5, 5.41) is 2.53. The zero-order valence-corrected chi connectivity index (χ0v) is 12.6. The molecule has 0 aliphatic rings. The van der Waals surface area contributed by atoms with E-state index in [1.54, 1.807) is 0 Å². The van der Waals surface area contributed by atoms with Gasteiger partial charge in [-0.15, -0.1) is 11.3 Å². The van der Waals surface area contributed by atoms with Gasteiger partial charge in [0.2, 0.25) is 0 Å². The highest BCUT2D eigenvalue weighted by molar-refractivity contribution is 7.13. The molecular weight excluding hydrogens is 280 g/mol. The van der Waals surface area contributed by atoms with Gasteiger partial charge in [-0.1, -0.05) is 42.0 Å². The maximum Gasteiger partial charge on any atom is 0.180 e. The molecule has 0 saturated carbocycles. The molecular formula is C17H16N2OS. The summed E-state index contributed by atoms with van der Waals surface area (Å²) < 4.78 is 5.85. The Hall–Kier alpha value is -2.33. The van der Waals surface area contributed by atoms with Crippen molar-refractivity contribution in [3.05, 3.63) is 65.0 Å². The molecule has 1 heterocycles. The first kappa shape index (κ1) is 13.6. The SMILES string of the molecule is Cc1ccc(COc2cccc(-c3csc(N)n3)c2)cc1. The molecule has 3 rings (SSSR count). The minimum Gasteiger partial charge on any atom is -0.489 e. The van der Waals surface area contributed by atoms with Crippen LogP contribution in [0.25, 0.3) is 11.3 Å². The molecule has 0 saturated heterocycles. The Balaban J connectivity index is 1.73. The first-order chi connectivity index (χ1) is 10.2. The lowest BCUT2D eigenvalue weighted by Crippen LogP contribution is -1.95. The van der Waals surface area contributed by atoms with Crippen LogP contribution >= 0.6 is 11.3 Å². The van der Waals surface area contributed by atoms with Crippen molar-refractivity contribution < 1.29 is 4.74 Å². The number of nitrogens with zero attached hydrogens (tertiary/aromatic N) is 1. The van der Waals surface area contributed by atoms with Crippen molar-refractivity contribution in [2.24, 2.45) is 0 Å². The van der Waals surface area contributed by atoms with E-state index in [1.165, 1.54) is 16.9 Å². The van der Waals surface area contributed by atoms with E-state index in [2.05, 4.69) is 36.2 Å². The summed E-state index contributed by atoms with van der Waals surface area (Å²) in [4.78, 5) is 4.29. The molecule has 0 aliphatic carbocycles. The van der Waals surface area contributed by atoms with Crippen molar-refractivity contribution in [2.75, 3.05) is 5.73 Å². The highest BCUT2D eigenvalue weighted by atomic mass is 32.1. The average molecular weight is 296 g/mol. The molecule has 2 N–H and O–H groups in total. The lowest BCUT2D eigenvalue weighted by Gasteiger charge is -2.07. The van der Waals surface area contributed by atoms with E-state index in [1.807, 2.05) is 29.6 Å². The summed E-state index contributed by atoms with van der Waals surface area (Å²) in [5.41, 5.74) is 9.99. The first-order valence-electron chi connectivity index (χ1n) is 6.70. The van der Waals surface area contributed by atoms with Gasteiger partial charge in [-0.2, -0.15) is 0 Å². The number of hydrogen-bond acceptors (Lipinski definition) is 4. The molecule has 106 valence electrons. The lowest BCUT2D eigenvalue weighted by atomic mass is 10.1. The molecule has 0 aliphatic heterocycles. The Bertz CT molecular complexity index is 735. The molecule has 0 amide bonds. The molecule has 0 unspecified atom stereocenters. The second-order valence-electron chi connectivity index (χ2n) is 4.87. The molecule has 3 aromatic rings. The van der Waals surface area contributed by atoms with Crippen molar-refractivity contribution in [3.63, 3.8) is 0 Å². The Morgan fingerprint density at radius 1 is 1.14 bits per heavy atom. The predicted octanol–water partition coefficient (Wildman–Crippen LogP) is 4.28. The van der Waals surface area contributed by atoms with Crippen LogP contribution in [0, 0.1) is 6.92 Å². The molecule has 0 radical (unpaired) electrons.